The first-order valence-electron chi connectivity index (χ1n) is 6.31. The van der Waals surface area contributed by atoms with Gasteiger partial charge in [0.05, 0.1) is 31.1 Å². The lowest BCUT2D eigenvalue weighted by Gasteiger charge is -2.16. The number of rotatable bonds is 4. The molecule has 2 heterocycles. The molecule has 0 saturated heterocycles. The zero-order chi connectivity index (χ0) is 14.8. The molecular formula is C14H14FN5O. The number of benzene rings is 1. The topological polar surface area (TPSA) is 77.5 Å². The van der Waals surface area contributed by atoms with Crippen LogP contribution in [0.15, 0.2) is 43.0 Å². The maximum Gasteiger partial charge on any atom is 0.132 e. The van der Waals surface area contributed by atoms with Crippen molar-refractivity contribution in [2.24, 2.45) is 5.84 Å². The van der Waals surface area contributed by atoms with Crippen molar-refractivity contribution >= 4 is 5.52 Å². The van der Waals surface area contributed by atoms with E-state index in [1.807, 2.05) is 0 Å². The zero-order valence-electron chi connectivity index (χ0n) is 11.3. The maximum absolute atomic E-state index is 14.2. The van der Waals surface area contributed by atoms with E-state index >= 15 is 0 Å². The van der Waals surface area contributed by atoms with Crippen LogP contribution in [0.1, 0.15) is 17.2 Å². The molecule has 0 radical (unpaired) electrons. The normalized spacial score (nSPS) is 12.5. The van der Waals surface area contributed by atoms with Gasteiger partial charge in [0.1, 0.15) is 11.6 Å². The Kier molecular flexibility index (Phi) is 3.51. The Morgan fingerprint density at radius 1 is 1.33 bits per heavy atom. The summed E-state index contributed by atoms with van der Waals surface area (Å²) in [6.07, 6.45) is 6.65. The van der Waals surface area contributed by atoms with Crippen LogP contribution in [0.25, 0.3) is 5.52 Å². The molecule has 0 amide bonds. The Bertz CT molecular complexity index is 773. The number of hydrazine groups is 1. The minimum absolute atomic E-state index is 0.402. The van der Waals surface area contributed by atoms with Gasteiger partial charge in [-0.25, -0.2) is 14.3 Å². The van der Waals surface area contributed by atoms with E-state index in [9.17, 15) is 4.39 Å². The molecule has 108 valence electrons. The van der Waals surface area contributed by atoms with Gasteiger partial charge in [0.2, 0.25) is 0 Å². The van der Waals surface area contributed by atoms with Crippen LogP contribution in [-0.2, 0) is 0 Å². The number of fused-ring (bicyclic) bond motifs is 1. The standard InChI is InChI=1S/C14H14FN5O/c1-21-9-2-3-10(12(15)6-9)14(19-16)11-7-18-20-5-4-17-8-13(11)20/h2-8,14,19H,16H2,1H3. The third kappa shape index (κ3) is 2.32. The van der Waals surface area contributed by atoms with E-state index in [-0.39, 0.29) is 0 Å². The Morgan fingerprint density at radius 3 is 2.90 bits per heavy atom. The monoisotopic (exact) mass is 287 g/mol. The Hall–Kier alpha value is -2.51. The molecule has 1 atom stereocenters. The second kappa shape index (κ2) is 5.47. The highest BCUT2D eigenvalue weighted by Gasteiger charge is 2.21. The highest BCUT2D eigenvalue weighted by Crippen LogP contribution is 2.28. The maximum atomic E-state index is 14.2. The second-order valence-electron chi connectivity index (χ2n) is 4.49. The molecule has 0 aliphatic carbocycles. The number of halogens is 1. The fourth-order valence-electron chi connectivity index (χ4n) is 2.29. The van der Waals surface area contributed by atoms with E-state index in [1.54, 1.807) is 41.4 Å². The number of ether oxygens (including phenoxy) is 1. The third-order valence-electron chi connectivity index (χ3n) is 3.35. The Balaban J connectivity index is 2.10. The average molecular weight is 287 g/mol. The van der Waals surface area contributed by atoms with Crippen molar-refractivity contribution < 1.29 is 9.13 Å². The lowest BCUT2D eigenvalue weighted by molar-refractivity contribution is 0.410. The number of nitrogens with one attached hydrogen (secondary N) is 1. The number of nitrogens with zero attached hydrogens (tertiary/aromatic N) is 3. The fraction of sp³-hybridized carbons (Fsp3) is 0.143. The molecule has 3 aromatic rings. The minimum atomic E-state index is -0.530. The second-order valence-corrected chi connectivity index (χ2v) is 4.49. The van der Waals surface area contributed by atoms with Gasteiger partial charge in [-0.2, -0.15) is 5.10 Å². The summed E-state index contributed by atoms with van der Waals surface area (Å²) < 4.78 is 20.9. The molecule has 6 nitrogen and oxygen atoms in total. The van der Waals surface area contributed by atoms with Crippen molar-refractivity contribution in [2.75, 3.05) is 7.11 Å². The van der Waals surface area contributed by atoms with E-state index in [1.165, 1.54) is 13.2 Å². The summed E-state index contributed by atoms with van der Waals surface area (Å²) >= 11 is 0. The summed E-state index contributed by atoms with van der Waals surface area (Å²) in [4.78, 5) is 4.06. The SMILES string of the molecule is COc1ccc(C(NN)c2cnn3ccncc23)c(F)c1. The molecule has 0 spiro atoms. The summed E-state index contributed by atoms with van der Waals surface area (Å²) in [5.74, 6) is 5.67. The van der Waals surface area contributed by atoms with Crippen LogP contribution in [0.2, 0.25) is 0 Å². The fourth-order valence-corrected chi connectivity index (χ4v) is 2.29. The predicted octanol–water partition coefficient (Wildman–Crippen LogP) is 1.43. The summed E-state index contributed by atoms with van der Waals surface area (Å²) in [6, 6.07) is 4.12. The highest BCUT2D eigenvalue weighted by molar-refractivity contribution is 5.56. The van der Waals surface area contributed by atoms with Gasteiger partial charge in [-0.3, -0.25) is 10.8 Å². The van der Waals surface area contributed by atoms with E-state index in [0.29, 0.717) is 11.3 Å². The predicted molar refractivity (Wildman–Crippen MR) is 75.1 cm³/mol. The van der Waals surface area contributed by atoms with Gasteiger partial charge in [0.15, 0.2) is 0 Å². The Morgan fingerprint density at radius 2 is 2.19 bits per heavy atom. The van der Waals surface area contributed by atoms with Crippen molar-refractivity contribution in [1.82, 2.24) is 20.0 Å². The molecule has 1 unspecified atom stereocenters. The van der Waals surface area contributed by atoms with Crippen molar-refractivity contribution in [2.45, 2.75) is 6.04 Å². The van der Waals surface area contributed by atoms with Crippen molar-refractivity contribution in [1.29, 1.82) is 0 Å². The number of hydrogen-bond acceptors (Lipinski definition) is 5. The third-order valence-corrected chi connectivity index (χ3v) is 3.35. The number of hydrogen-bond donors (Lipinski definition) is 2. The molecule has 0 aliphatic rings. The van der Waals surface area contributed by atoms with Gasteiger partial charge in [-0.15, -0.1) is 0 Å². The van der Waals surface area contributed by atoms with Gasteiger partial charge in [-0.1, -0.05) is 6.07 Å². The van der Waals surface area contributed by atoms with Crippen molar-refractivity contribution in [3.63, 3.8) is 0 Å². The first-order chi connectivity index (χ1) is 10.2. The Labute approximate surface area is 120 Å². The summed E-state index contributed by atoms with van der Waals surface area (Å²) in [5.41, 5.74) is 4.55. The molecule has 0 aliphatic heterocycles. The van der Waals surface area contributed by atoms with Gasteiger partial charge < -0.3 is 4.74 Å². The van der Waals surface area contributed by atoms with Crippen LogP contribution < -0.4 is 16.0 Å². The first-order valence-corrected chi connectivity index (χ1v) is 6.31. The number of aromatic nitrogens is 3. The number of nitrogens with two attached hydrogens (primary N) is 1. The highest BCUT2D eigenvalue weighted by atomic mass is 19.1. The van der Waals surface area contributed by atoms with E-state index < -0.39 is 11.9 Å². The van der Waals surface area contributed by atoms with Gasteiger partial charge in [-0.05, 0) is 6.07 Å². The summed E-state index contributed by atoms with van der Waals surface area (Å²) in [6.45, 7) is 0. The van der Waals surface area contributed by atoms with Crippen molar-refractivity contribution in [3.8, 4) is 5.75 Å². The summed E-state index contributed by atoms with van der Waals surface area (Å²) in [7, 11) is 1.49. The van der Waals surface area contributed by atoms with Gasteiger partial charge in [0.25, 0.3) is 0 Å². The molecular weight excluding hydrogens is 273 g/mol. The first kappa shape index (κ1) is 13.5. The van der Waals surface area contributed by atoms with Crippen LogP contribution in [0.4, 0.5) is 4.39 Å². The molecule has 7 heteroatoms. The van der Waals surface area contributed by atoms with E-state index in [2.05, 4.69) is 15.5 Å². The van der Waals surface area contributed by atoms with E-state index in [4.69, 9.17) is 10.6 Å². The summed E-state index contributed by atoms with van der Waals surface area (Å²) in [5, 5.41) is 4.21. The van der Waals surface area contributed by atoms with Gasteiger partial charge in [0, 0.05) is 29.6 Å². The lowest BCUT2D eigenvalue weighted by atomic mass is 10.00. The smallest absolute Gasteiger partial charge is 0.132 e. The molecule has 3 N–H and O–H groups in total. The van der Waals surface area contributed by atoms with Crippen LogP contribution in [-0.4, -0.2) is 21.7 Å². The van der Waals surface area contributed by atoms with Crippen LogP contribution in [0.5, 0.6) is 5.75 Å². The zero-order valence-corrected chi connectivity index (χ0v) is 11.3. The molecule has 0 saturated carbocycles. The van der Waals surface area contributed by atoms with E-state index in [0.717, 1.165) is 11.1 Å². The van der Waals surface area contributed by atoms with Gasteiger partial charge >= 0.3 is 0 Å². The van der Waals surface area contributed by atoms with Crippen LogP contribution >= 0.6 is 0 Å². The quantitative estimate of drug-likeness (QED) is 0.560. The molecule has 3 rings (SSSR count). The lowest BCUT2D eigenvalue weighted by Crippen LogP contribution is -2.29. The molecule has 1 aromatic carbocycles. The minimum Gasteiger partial charge on any atom is -0.497 e. The molecule has 21 heavy (non-hydrogen) atoms. The molecule has 0 bridgehead atoms. The average Bonchev–Trinajstić information content (AvgIpc) is 2.94. The van der Waals surface area contributed by atoms with Crippen molar-refractivity contribution in [3.05, 3.63) is 59.9 Å². The number of methoxy groups -OCH3 is 1. The molecule has 0 fully saturated rings. The largest absolute Gasteiger partial charge is 0.497 e. The van der Waals surface area contributed by atoms with Crippen LogP contribution in [0, 0.1) is 5.82 Å². The molecule has 2 aromatic heterocycles. The van der Waals surface area contributed by atoms with Crippen LogP contribution in [0.3, 0.4) is 0 Å².